The van der Waals surface area contributed by atoms with Gasteiger partial charge in [0, 0.05) is 4.88 Å². The van der Waals surface area contributed by atoms with E-state index in [1.165, 1.54) is 0 Å². The molecule has 104 valence electrons. The first-order valence-electron chi connectivity index (χ1n) is 6.46. The van der Waals surface area contributed by atoms with Gasteiger partial charge in [-0.15, -0.1) is 11.3 Å². The minimum atomic E-state index is -0.780. The lowest BCUT2D eigenvalue weighted by molar-refractivity contribution is -0.124. The lowest BCUT2D eigenvalue weighted by atomic mass is 10.0. The third kappa shape index (κ3) is 2.73. The van der Waals surface area contributed by atoms with Gasteiger partial charge in [0.15, 0.2) is 5.84 Å². The Morgan fingerprint density at radius 2 is 2.42 bits per heavy atom. The maximum absolute atomic E-state index is 12.3. The summed E-state index contributed by atoms with van der Waals surface area (Å²) >= 11 is 1.63. The molecule has 1 aliphatic carbocycles. The van der Waals surface area contributed by atoms with E-state index in [1.807, 2.05) is 17.5 Å². The molecule has 1 amide bonds. The normalized spacial score (nSPS) is 18.9. The molecule has 19 heavy (non-hydrogen) atoms. The van der Waals surface area contributed by atoms with Crippen LogP contribution in [0.1, 0.15) is 43.5 Å². The van der Waals surface area contributed by atoms with Gasteiger partial charge < -0.3 is 16.3 Å². The van der Waals surface area contributed by atoms with Gasteiger partial charge in [0.2, 0.25) is 5.91 Å². The maximum atomic E-state index is 12.3. The standard InChI is InChI=1S/C13H19N3O2S/c1-2-4-9(10-5-3-8-19-10)15-12(17)13(6-7-13)11(14)16-18/h3,5,8-9,18H,2,4,6-7H2,1H3,(H2,14,16)(H,15,17). The number of rotatable bonds is 6. The average molecular weight is 281 g/mol. The Balaban J connectivity index is 2.08. The van der Waals surface area contributed by atoms with Gasteiger partial charge in [-0.25, -0.2) is 0 Å². The van der Waals surface area contributed by atoms with Gasteiger partial charge in [-0.2, -0.15) is 0 Å². The second-order valence-corrected chi connectivity index (χ2v) is 5.88. The monoisotopic (exact) mass is 281 g/mol. The molecule has 1 aromatic rings. The van der Waals surface area contributed by atoms with Crippen molar-refractivity contribution >= 4 is 23.1 Å². The lowest BCUT2D eigenvalue weighted by Crippen LogP contribution is -2.42. The molecule has 0 radical (unpaired) electrons. The summed E-state index contributed by atoms with van der Waals surface area (Å²) in [4.78, 5) is 13.5. The number of nitrogens with two attached hydrogens (primary N) is 1. The van der Waals surface area contributed by atoms with Crippen LogP contribution in [-0.4, -0.2) is 17.0 Å². The van der Waals surface area contributed by atoms with Crippen molar-refractivity contribution < 1.29 is 10.0 Å². The molecule has 1 saturated carbocycles. The molecule has 0 spiro atoms. The molecule has 1 atom stereocenters. The second-order valence-electron chi connectivity index (χ2n) is 4.90. The fourth-order valence-corrected chi connectivity index (χ4v) is 2.99. The number of carbonyl (C=O) groups is 1. The topological polar surface area (TPSA) is 87.7 Å². The van der Waals surface area contributed by atoms with Crippen molar-refractivity contribution in [3.05, 3.63) is 22.4 Å². The summed E-state index contributed by atoms with van der Waals surface area (Å²) in [6.07, 6.45) is 3.17. The molecule has 1 fully saturated rings. The predicted octanol–water partition coefficient (Wildman–Crippen LogP) is 2.23. The summed E-state index contributed by atoms with van der Waals surface area (Å²) in [6, 6.07) is 4.01. The number of nitrogens with one attached hydrogen (secondary N) is 1. The maximum Gasteiger partial charge on any atom is 0.234 e. The van der Waals surface area contributed by atoms with E-state index in [2.05, 4.69) is 17.4 Å². The van der Waals surface area contributed by atoms with E-state index in [0.29, 0.717) is 12.8 Å². The van der Waals surface area contributed by atoms with Crippen LogP contribution >= 0.6 is 11.3 Å². The van der Waals surface area contributed by atoms with Crippen LogP contribution in [0, 0.1) is 5.41 Å². The molecule has 0 saturated heterocycles. The smallest absolute Gasteiger partial charge is 0.234 e. The SMILES string of the molecule is CCCC(NC(=O)C1(/C(N)=N/O)CC1)c1cccs1. The number of oxime groups is 1. The third-order valence-electron chi connectivity index (χ3n) is 3.55. The first-order chi connectivity index (χ1) is 9.14. The predicted molar refractivity (Wildman–Crippen MR) is 75.2 cm³/mol. The number of nitrogens with zero attached hydrogens (tertiary/aromatic N) is 1. The molecule has 1 aromatic heterocycles. The van der Waals surface area contributed by atoms with Crippen LogP contribution in [0.5, 0.6) is 0 Å². The summed E-state index contributed by atoms with van der Waals surface area (Å²) in [5.41, 5.74) is 4.84. The molecular formula is C13H19N3O2S. The average Bonchev–Trinajstić information content (AvgIpc) is 3.05. The fourth-order valence-electron chi connectivity index (χ4n) is 2.18. The van der Waals surface area contributed by atoms with Crippen molar-refractivity contribution in [1.29, 1.82) is 0 Å². The highest BCUT2D eigenvalue weighted by atomic mass is 32.1. The molecule has 6 heteroatoms. The Hall–Kier alpha value is -1.56. The van der Waals surface area contributed by atoms with Gasteiger partial charge in [0.05, 0.1) is 6.04 Å². The van der Waals surface area contributed by atoms with Crippen LogP contribution in [0.3, 0.4) is 0 Å². The third-order valence-corrected chi connectivity index (χ3v) is 4.54. The largest absolute Gasteiger partial charge is 0.409 e. The lowest BCUT2D eigenvalue weighted by Gasteiger charge is -2.20. The number of amides is 1. The highest BCUT2D eigenvalue weighted by molar-refractivity contribution is 7.10. The van der Waals surface area contributed by atoms with Gasteiger partial charge >= 0.3 is 0 Å². The molecule has 1 unspecified atom stereocenters. The molecule has 1 heterocycles. The summed E-state index contributed by atoms with van der Waals surface area (Å²) < 4.78 is 0. The quantitative estimate of drug-likeness (QED) is 0.323. The van der Waals surface area contributed by atoms with E-state index in [0.717, 1.165) is 17.7 Å². The van der Waals surface area contributed by atoms with Crippen molar-refractivity contribution in [1.82, 2.24) is 5.32 Å². The van der Waals surface area contributed by atoms with E-state index in [9.17, 15) is 4.79 Å². The van der Waals surface area contributed by atoms with Crippen molar-refractivity contribution in [2.45, 2.75) is 38.6 Å². The Kier molecular flexibility index (Phi) is 4.09. The zero-order valence-corrected chi connectivity index (χ0v) is 11.7. The first kappa shape index (κ1) is 13.9. The van der Waals surface area contributed by atoms with E-state index in [1.54, 1.807) is 11.3 Å². The molecule has 0 aliphatic heterocycles. The molecule has 1 aliphatic rings. The Morgan fingerprint density at radius 3 is 2.89 bits per heavy atom. The van der Waals surface area contributed by atoms with Crippen molar-refractivity contribution in [3.63, 3.8) is 0 Å². The van der Waals surface area contributed by atoms with E-state index in [4.69, 9.17) is 10.9 Å². The highest BCUT2D eigenvalue weighted by Gasteiger charge is 2.54. The van der Waals surface area contributed by atoms with Crippen LogP contribution in [0.25, 0.3) is 0 Å². The van der Waals surface area contributed by atoms with E-state index >= 15 is 0 Å². The van der Waals surface area contributed by atoms with Crippen LogP contribution in [-0.2, 0) is 4.79 Å². The van der Waals surface area contributed by atoms with Gasteiger partial charge in [0.1, 0.15) is 5.41 Å². The zero-order valence-electron chi connectivity index (χ0n) is 10.9. The van der Waals surface area contributed by atoms with Crippen LogP contribution in [0.15, 0.2) is 22.7 Å². The Labute approximate surface area is 116 Å². The number of carbonyl (C=O) groups excluding carboxylic acids is 1. The van der Waals surface area contributed by atoms with E-state index < -0.39 is 5.41 Å². The molecule has 0 bridgehead atoms. The Bertz CT molecular complexity index is 466. The first-order valence-corrected chi connectivity index (χ1v) is 7.34. The van der Waals surface area contributed by atoms with Gasteiger partial charge in [-0.1, -0.05) is 24.6 Å². The van der Waals surface area contributed by atoms with E-state index in [-0.39, 0.29) is 17.8 Å². The van der Waals surface area contributed by atoms with Crippen molar-refractivity contribution in [2.75, 3.05) is 0 Å². The molecule has 5 nitrogen and oxygen atoms in total. The minimum absolute atomic E-state index is 0.0152. The number of hydrogen-bond donors (Lipinski definition) is 3. The molecule has 2 rings (SSSR count). The summed E-state index contributed by atoms with van der Waals surface area (Å²) in [6.45, 7) is 2.09. The summed E-state index contributed by atoms with van der Waals surface area (Å²) in [5.74, 6) is -0.110. The van der Waals surface area contributed by atoms with Gasteiger partial charge in [-0.05, 0) is 30.7 Å². The molecular weight excluding hydrogens is 262 g/mol. The number of amidine groups is 1. The summed E-state index contributed by atoms with van der Waals surface area (Å²) in [5, 5.41) is 16.8. The van der Waals surface area contributed by atoms with Crippen molar-refractivity contribution in [3.8, 4) is 0 Å². The second kappa shape index (κ2) is 5.61. The van der Waals surface area contributed by atoms with Crippen LogP contribution in [0.2, 0.25) is 0 Å². The van der Waals surface area contributed by atoms with Crippen LogP contribution < -0.4 is 11.1 Å². The zero-order chi connectivity index (χ0) is 13.9. The van der Waals surface area contributed by atoms with Gasteiger partial charge in [0.25, 0.3) is 0 Å². The minimum Gasteiger partial charge on any atom is -0.409 e. The van der Waals surface area contributed by atoms with Crippen LogP contribution in [0.4, 0.5) is 0 Å². The molecule has 0 aromatic carbocycles. The summed E-state index contributed by atoms with van der Waals surface area (Å²) in [7, 11) is 0. The highest BCUT2D eigenvalue weighted by Crippen LogP contribution is 2.46. The molecule has 4 N–H and O–H groups in total. The Morgan fingerprint density at radius 1 is 1.68 bits per heavy atom. The van der Waals surface area contributed by atoms with Gasteiger partial charge in [-0.3, -0.25) is 4.79 Å². The fraction of sp³-hybridized carbons (Fsp3) is 0.538. The number of hydrogen-bond acceptors (Lipinski definition) is 4. The number of thiophene rings is 1. The van der Waals surface area contributed by atoms with Crippen molar-refractivity contribution in [2.24, 2.45) is 16.3 Å².